The van der Waals surface area contributed by atoms with E-state index in [9.17, 15) is 9.59 Å². The molecule has 0 radical (unpaired) electrons. The fraction of sp³-hybridized carbons (Fsp3) is 0.846. The van der Waals surface area contributed by atoms with E-state index in [-0.39, 0.29) is 36.4 Å². The molecule has 1 aliphatic heterocycles. The third kappa shape index (κ3) is 3.45. The Labute approximate surface area is 110 Å². The summed E-state index contributed by atoms with van der Waals surface area (Å²) in [4.78, 5) is 27.8. The number of hydrogen-bond donors (Lipinski definition) is 1. The molecule has 1 aliphatic rings. The van der Waals surface area contributed by atoms with E-state index in [1.54, 1.807) is 4.90 Å². The zero-order valence-corrected chi connectivity index (χ0v) is 12.1. The van der Waals surface area contributed by atoms with Gasteiger partial charge in [0.25, 0.3) is 0 Å². The molecule has 2 unspecified atom stereocenters. The molecule has 104 valence electrons. The van der Waals surface area contributed by atoms with Gasteiger partial charge in [-0.15, -0.1) is 0 Å². The van der Waals surface area contributed by atoms with Gasteiger partial charge in [-0.2, -0.15) is 0 Å². The fourth-order valence-corrected chi connectivity index (χ4v) is 2.37. The smallest absolute Gasteiger partial charge is 0.243 e. The molecule has 0 saturated carbocycles. The molecule has 0 aliphatic carbocycles. The van der Waals surface area contributed by atoms with Crippen LogP contribution in [0.1, 0.15) is 27.2 Å². The number of nitrogens with zero attached hydrogens (tertiary/aromatic N) is 2. The van der Waals surface area contributed by atoms with E-state index < -0.39 is 0 Å². The van der Waals surface area contributed by atoms with Crippen molar-refractivity contribution in [3.8, 4) is 0 Å². The van der Waals surface area contributed by atoms with E-state index >= 15 is 0 Å². The number of piperazine rings is 1. The predicted octanol–water partition coefficient (Wildman–Crippen LogP) is 0.310. The Hall–Kier alpha value is -1.10. The van der Waals surface area contributed by atoms with Crippen LogP contribution in [0, 0.1) is 5.92 Å². The van der Waals surface area contributed by atoms with Gasteiger partial charge in [-0.3, -0.25) is 9.59 Å². The SMILES string of the molecule is CC(C)C1C(=O)NCC(=O)N1C(C)CCN(C)C. The Morgan fingerprint density at radius 3 is 2.44 bits per heavy atom. The highest BCUT2D eigenvalue weighted by Gasteiger charge is 2.38. The zero-order valence-electron chi connectivity index (χ0n) is 12.1. The summed E-state index contributed by atoms with van der Waals surface area (Å²) >= 11 is 0. The van der Waals surface area contributed by atoms with Gasteiger partial charge in [-0.05, 0) is 39.9 Å². The molecule has 5 nitrogen and oxygen atoms in total. The van der Waals surface area contributed by atoms with E-state index in [1.807, 2.05) is 34.9 Å². The third-order valence-corrected chi connectivity index (χ3v) is 3.37. The number of carbonyl (C=O) groups excluding carboxylic acids is 2. The molecule has 0 bridgehead atoms. The number of amides is 2. The lowest BCUT2D eigenvalue weighted by Gasteiger charge is -2.41. The average Bonchev–Trinajstić information content (AvgIpc) is 2.28. The van der Waals surface area contributed by atoms with Gasteiger partial charge >= 0.3 is 0 Å². The molecule has 1 N–H and O–H groups in total. The Morgan fingerprint density at radius 2 is 1.94 bits per heavy atom. The standard InChI is InChI=1S/C13H25N3O2/c1-9(2)12-13(18)14-8-11(17)16(12)10(3)6-7-15(4)5/h9-10,12H,6-8H2,1-5H3,(H,14,18). The molecular weight excluding hydrogens is 230 g/mol. The van der Waals surface area contributed by atoms with Gasteiger partial charge in [0.15, 0.2) is 0 Å². The van der Waals surface area contributed by atoms with Crippen molar-refractivity contribution in [3.63, 3.8) is 0 Å². The second kappa shape index (κ2) is 6.18. The summed E-state index contributed by atoms with van der Waals surface area (Å²) in [5.74, 6) is 0.136. The first-order valence-electron chi connectivity index (χ1n) is 6.58. The van der Waals surface area contributed by atoms with Crippen molar-refractivity contribution < 1.29 is 9.59 Å². The van der Waals surface area contributed by atoms with E-state index in [0.29, 0.717) is 0 Å². The molecule has 18 heavy (non-hydrogen) atoms. The minimum Gasteiger partial charge on any atom is -0.345 e. The summed E-state index contributed by atoms with van der Waals surface area (Å²) in [6.07, 6.45) is 0.884. The lowest BCUT2D eigenvalue weighted by Crippen LogP contribution is -2.62. The van der Waals surface area contributed by atoms with E-state index in [1.165, 1.54) is 0 Å². The lowest BCUT2D eigenvalue weighted by molar-refractivity contribution is -0.150. The van der Waals surface area contributed by atoms with Crippen LogP contribution < -0.4 is 5.32 Å². The maximum atomic E-state index is 12.0. The molecule has 1 saturated heterocycles. The first-order chi connectivity index (χ1) is 8.34. The second-order valence-corrected chi connectivity index (χ2v) is 5.65. The molecule has 0 aromatic heterocycles. The van der Waals surface area contributed by atoms with Gasteiger partial charge in [0.1, 0.15) is 6.04 Å². The van der Waals surface area contributed by atoms with Crippen molar-refractivity contribution >= 4 is 11.8 Å². The molecule has 0 aromatic carbocycles. The average molecular weight is 255 g/mol. The van der Waals surface area contributed by atoms with Crippen LogP contribution in [0.5, 0.6) is 0 Å². The van der Waals surface area contributed by atoms with Crippen LogP contribution in [0.4, 0.5) is 0 Å². The highest BCUT2D eigenvalue weighted by atomic mass is 16.2. The summed E-state index contributed by atoms with van der Waals surface area (Å²) in [7, 11) is 4.02. The van der Waals surface area contributed by atoms with Gasteiger partial charge in [-0.25, -0.2) is 0 Å². The molecular formula is C13H25N3O2. The van der Waals surface area contributed by atoms with Crippen LogP contribution in [-0.2, 0) is 9.59 Å². The molecule has 1 fully saturated rings. The van der Waals surface area contributed by atoms with Crippen molar-refractivity contribution in [1.82, 2.24) is 15.1 Å². The largest absolute Gasteiger partial charge is 0.345 e. The second-order valence-electron chi connectivity index (χ2n) is 5.65. The van der Waals surface area contributed by atoms with E-state index in [2.05, 4.69) is 10.2 Å². The zero-order chi connectivity index (χ0) is 13.9. The summed E-state index contributed by atoms with van der Waals surface area (Å²) in [5, 5.41) is 2.67. The van der Waals surface area contributed by atoms with Crippen LogP contribution in [-0.4, -0.2) is 60.9 Å². The Morgan fingerprint density at radius 1 is 1.33 bits per heavy atom. The number of rotatable bonds is 5. The Bertz CT molecular complexity index is 315. The number of carbonyl (C=O) groups is 2. The van der Waals surface area contributed by atoms with Crippen LogP contribution in [0.25, 0.3) is 0 Å². The first kappa shape index (κ1) is 15.0. The monoisotopic (exact) mass is 255 g/mol. The normalized spacial score (nSPS) is 22.6. The third-order valence-electron chi connectivity index (χ3n) is 3.37. The minimum absolute atomic E-state index is 0.0266. The molecule has 0 aromatic rings. The predicted molar refractivity (Wildman–Crippen MR) is 71.1 cm³/mol. The first-order valence-corrected chi connectivity index (χ1v) is 6.58. The van der Waals surface area contributed by atoms with Gasteiger partial charge in [0.05, 0.1) is 6.54 Å². The maximum Gasteiger partial charge on any atom is 0.243 e. The summed E-state index contributed by atoms with van der Waals surface area (Å²) in [6.45, 7) is 7.03. The van der Waals surface area contributed by atoms with Crippen LogP contribution in [0.3, 0.4) is 0 Å². The number of hydrogen-bond acceptors (Lipinski definition) is 3. The highest BCUT2D eigenvalue weighted by Crippen LogP contribution is 2.19. The molecule has 1 rings (SSSR count). The molecule has 5 heteroatoms. The highest BCUT2D eigenvalue weighted by molar-refractivity contribution is 5.95. The molecule has 2 atom stereocenters. The van der Waals surface area contributed by atoms with Gasteiger partial charge < -0.3 is 15.1 Å². The van der Waals surface area contributed by atoms with Gasteiger partial charge in [-0.1, -0.05) is 13.8 Å². The van der Waals surface area contributed by atoms with Crippen LogP contribution in [0.2, 0.25) is 0 Å². The van der Waals surface area contributed by atoms with Crippen molar-refractivity contribution in [2.75, 3.05) is 27.2 Å². The molecule has 0 spiro atoms. The Balaban J connectivity index is 2.78. The van der Waals surface area contributed by atoms with Gasteiger partial charge in [0.2, 0.25) is 11.8 Å². The lowest BCUT2D eigenvalue weighted by atomic mass is 9.97. The quantitative estimate of drug-likeness (QED) is 0.769. The number of nitrogens with one attached hydrogen (secondary N) is 1. The fourth-order valence-electron chi connectivity index (χ4n) is 2.37. The van der Waals surface area contributed by atoms with Crippen molar-refractivity contribution in [2.24, 2.45) is 5.92 Å². The summed E-state index contributed by atoms with van der Waals surface area (Å²) in [5.41, 5.74) is 0. The van der Waals surface area contributed by atoms with Gasteiger partial charge in [0, 0.05) is 6.04 Å². The van der Waals surface area contributed by atoms with Crippen LogP contribution >= 0.6 is 0 Å². The summed E-state index contributed by atoms with van der Waals surface area (Å²) < 4.78 is 0. The van der Waals surface area contributed by atoms with Crippen molar-refractivity contribution in [2.45, 2.75) is 39.3 Å². The van der Waals surface area contributed by atoms with Crippen molar-refractivity contribution in [1.29, 1.82) is 0 Å². The molecule has 2 amide bonds. The van der Waals surface area contributed by atoms with E-state index in [4.69, 9.17) is 0 Å². The van der Waals surface area contributed by atoms with Crippen molar-refractivity contribution in [3.05, 3.63) is 0 Å². The minimum atomic E-state index is -0.330. The summed E-state index contributed by atoms with van der Waals surface area (Å²) in [6, 6.07) is -0.234. The van der Waals surface area contributed by atoms with E-state index in [0.717, 1.165) is 13.0 Å². The van der Waals surface area contributed by atoms with Crippen LogP contribution in [0.15, 0.2) is 0 Å². The maximum absolute atomic E-state index is 12.0. The Kier molecular flexibility index (Phi) is 5.14. The topological polar surface area (TPSA) is 52.7 Å². The molecule has 1 heterocycles.